The van der Waals surface area contributed by atoms with Crippen LogP contribution in [0.2, 0.25) is 0 Å². The second kappa shape index (κ2) is 4.72. The van der Waals surface area contributed by atoms with Crippen molar-refractivity contribution in [2.75, 3.05) is 0 Å². The summed E-state index contributed by atoms with van der Waals surface area (Å²) in [6.45, 7) is 8.18. The van der Waals surface area contributed by atoms with Gasteiger partial charge < -0.3 is 15.2 Å². The molecule has 0 aromatic rings. The van der Waals surface area contributed by atoms with E-state index in [4.69, 9.17) is 11.2 Å². The molecular weight excluding hydrogens is 210 g/mol. The van der Waals surface area contributed by atoms with Gasteiger partial charge in [-0.15, -0.1) is 0 Å². The zero-order chi connectivity index (χ0) is 13.9. The average Bonchev–Trinajstić information content (AvgIpc) is 2.10. The number of alkyl carbamates (subject to hydrolysis) is 1. The molecule has 0 saturated heterocycles. The molecule has 0 rings (SSSR count). The van der Waals surface area contributed by atoms with Crippen LogP contribution in [-0.4, -0.2) is 28.8 Å². The zero-order valence-corrected chi connectivity index (χ0v) is 10.5. The van der Waals surface area contributed by atoms with Crippen molar-refractivity contribution in [1.82, 2.24) is 5.32 Å². The van der Waals surface area contributed by atoms with Gasteiger partial charge in [0.25, 0.3) is 0 Å². The van der Waals surface area contributed by atoms with E-state index in [0.29, 0.717) is 0 Å². The van der Waals surface area contributed by atoms with Gasteiger partial charge in [0, 0.05) is 1.37 Å². The Kier molecular flexibility index (Phi) is 3.78. The third-order valence-corrected chi connectivity index (χ3v) is 1.69. The summed E-state index contributed by atoms with van der Waals surface area (Å²) < 4.78 is 12.3. The van der Waals surface area contributed by atoms with Crippen LogP contribution in [0.15, 0.2) is 0 Å². The Morgan fingerprint density at radius 2 is 1.81 bits per heavy atom. The van der Waals surface area contributed by atoms with Gasteiger partial charge in [-0.1, -0.05) is 20.7 Å². The fourth-order valence-corrected chi connectivity index (χ4v) is 1.02. The minimum atomic E-state index is -1.17. The highest BCUT2D eigenvalue weighted by Gasteiger charge is 2.33. The van der Waals surface area contributed by atoms with Crippen LogP contribution >= 0.6 is 0 Å². The van der Waals surface area contributed by atoms with E-state index in [1.54, 1.807) is 34.6 Å². The summed E-state index contributed by atoms with van der Waals surface area (Å²) in [7, 11) is 0. The van der Waals surface area contributed by atoms with E-state index in [1.165, 1.54) is 0 Å². The first-order valence-corrected chi connectivity index (χ1v) is 5.01. The molecule has 2 N–H and O–H groups in total. The third kappa shape index (κ3) is 5.58. The highest BCUT2D eigenvalue weighted by molar-refractivity contribution is 5.80. The van der Waals surface area contributed by atoms with Crippen molar-refractivity contribution in [3.05, 3.63) is 0 Å². The van der Waals surface area contributed by atoms with E-state index in [0.717, 1.165) is 0 Å². The molecule has 0 aliphatic heterocycles. The van der Waals surface area contributed by atoms with E-state index < -0.39 is 29.1 Å². The zero-order valence-electron chi connectivity index (χ0n) is 11.5. The first-order chi connectivity index (χ1) is 7.49. The lowest BCUT2D eigenvalue weighted by Crippen LogP contribution is -2.50. The van der Waals surface area contributed by atoms with Crippen LogP contribution in [0, 0.1) is 5.41 Å². The maximum atomic E-state index is 11.5. The van der Waals surface area contributed by atoms with Crippen molar-refractivity contribution in [2.45, 2.75) is 53.2 Å². The monoisotopic (exact) mass is 232 g/mol. The molecule has 0 heterocycles. The minimum absolute atomic E-state index is 0.111. The van der Waals surface area contributed by atoms with E-state index in [1.807, 2.05) is 0 Å². The molecule has 0 spiro atoms. The molecule has 0 aliphatic carbocycles. The van der Waals surface area contributed by atoms with Crippen LogP contribution in [0.3, 0.4) is 0 Å². The second-order valence-electron chi connectivity index (χ2n) is 5.41. The van der Waals surface area contributed by atoms with Crippen LogP contribution in [0.4, 0.5) is 4.79 Å². The number of hydrogen-bond acceptors (Lipinski definition) is 3. The molecular formula is C11H21NO4. The van der Waals surface area contributed by atoms with Gasteiger partial charge in [0.05, 0.1) is 0 Å². The van der Waals surface area contributed by atoms with E-state index in [2.05, 4.69) is 5.32 Å². The molecule has 0 fully saturated rings. The Labute approximate surface area is 97.6 Å². The number of amides is 1. The summed E-state index contributed by atoms with van der Waals surface area (Å²) in [6.07, 6.45) is -0.786. The molecule has 94 valence electrons. The molecule has 0 unspecified atom stereocenters. The number of aliphatic carboxylic acids is 1. The molecule has 1 amide bonds. The summed E-state index contributed by atoms with van der Waals surface area (Å²) in [6, 6.07) is -1.14. The van der Waals surface area contributed by atoms with Crippen molar-refractivity contribution in [3.63, 3.8) is 0 Å². The molecule has 5 heteroatoms. The number of carboxylic acid groups (broad SMARTS) is 1. The molecule has 0 aliphatic rings. The van der Waals surface area contributed by atoms with Crippen molar-refractivity contribution in [3.8, 4) is 0 Å². The normalized spacial score (nSPS) is 14.9. The first-order valence-electron chi connectivity index (χ1n) is 5.72. The highest BCUT2D eigenvalue weighted by atomic mass is 16.6. The summed E-state index contributed by atoms with van der Waals surface area (Å²) >= 11 is 0. The Morgan fingerprint density at radius 3 is 2.12 bits per heavy atom. The van der Waals surface area contributed by atoms with Crippen LogP contribution in [0.25, 0.3) is 0 Å². The van der Waals surface area contributed by atoms with Gasteiger partial charge in [-0.2, -0.15) is 0 Å². The van der Waals surface area contributed by atoms with E-state index in [-0.39, 0.29) is 6.90 Å². The standard InChI is InChI=1S/C11H21NO4/c1-10(2,3)7(8(13)14)12-9(15)16-11(4,5)6/h7H,1-6H3,(H,12,15)(H,13,14)/t7-/m1/s1/i1D. The Balaban J connectivity index is 4.69. The second-order valence-corrected chi connectivity index (χ2v) is 5.41. The molecule has 16 heavy (non-hydrogen) atoms. The van der Waals surface area contributed by atoms with E-state index >= 15 is 0 Å². The predicted octanol–water partition coefficient (Wildman–Crippen LogP) is 2.01. The number of rotatable bonds is 2. The molecule has 0 aromatic heterocycles. The van der Waals surface area contributed by atoms with Gasteiger partial charge in [-0.25, -0.2) is 9.59 Å². The van der Waals surface area contributed by atoms with Crippen LogP contribution in [0.1, 0.15) is 42.9 Å². The molecule has 0 radical (unpaired) electrons. The number of carboxylic acids is 1. The maximum Gasteiger partial charge on any atom is 0.408 e. The SMILES string of the molecule is [2H]CC(C)(C)[C@H](NC(=O)OC(C)(C)C)C(=O)O. The fourth-order valence-electron chi connectivity index (χ4n) is 1.02. The Bertz CT molecular complexity index is 296. The largest absolute Gasteiger partial charge is 0.480 e. The molecule has 0 aromatic carbocycles. The first kappa shape index (κ1) is 12.8. The van der Waals surface area contributed by atoms with Crippen LogP contribution in [0.5, 0.6) is 0 Å². The molecule has 0 saturated carbocycles. The van der Waals surface area contributed by atoms with Crippen LogP contribution in [-0.2, 0) is 9.53 Å². The van der Waals surface area contributed by atoms with Crippen molar-refractivity contribution in [1.29, 1.82) is 0 Å². The lowest BCUT2D eigenvalue weighted by molar-refractivity contribution is -0.142. The van der Waals surface area contributed by atoms with Crippen molar-refractivity contribution in [2.24, 2.45) is 5.41 Å². The summed E-state index contributed by atoms with van der Waals surface area (Å²) in [5.41, 5.74) is -1.54. The maximum absolute atomic E-state index is 11.5. The van der Waals surface area contributed by atoms with Gasteiger partial charge in [0.15, 0.2) is 0 Å². The van der Waals surface area contributed by atoms with Gasteiger partial charge in [-0.3, -0.25) is 0 Å². The Hall–Kier alpha value is -1.26. The molecule has 1 atom stereocenters. The smallest absolute Gasteiger partial charge is 0.408 e. The Morgan fingerprint density at radius 1 is 1.31 bits per heavy atom. The van der Waals surface area contributed by atoms with E-state index in [9.17, 15) is 9.59 Å². The lowest BCUT2D eigenvalue weighted by Gasteiger charge is -2.29. The summed E-state index contributed by atoms with van der Waals surface area (Å²) in [4.78, 5) is 22.5. The number of nitrogens with one attached hydrogen (secondary N) is 1. The minimum Gasteiger partial charge on any atom is -0.480 e. The average molecular weight is 232 g/mol. The predicted molar refractivity (Wildman–Crippen MR) is 60.2 cm³/mol. The molecule has 5 nitrogen and oxygen atoms in total. The van der Waals surface area contributed by atoms with Gasteiger partial charge in [-0.05, 0) is 26.2 Å². The van der Waals surface area contributed by atoms with Crippen molar-refractivity contribution >= 4 is 12.1 Å². The number of ether oxygens (including phenoxy) is 1. The van der Waals surface area contributed by atoms with Gasteiger partial charge in [0.2, 0.25) is 0 Å². The molecule has 0 bridgehead atoms. The van der Waals surface area contributed by atoms with Crippen molar-refractivity contribution < 1.29 is 20.8 Å². The summed E-state index contributed by atoms with van der Waals surface area (Å²) in [5, 5.41) is 11.3. The highest BCUT2D eigenvalue weighted by Crippen LogP contribution is 2.20. The lowest BCUT2D eigenvalue weighted by atomic mass is 9.87. The number of hydrogen-bond donors (Lipinski definition) is 2. The fraction of sp³-hybridized carbons (Fsp3) is 0.818. The quantitative estimate of drug-likeness (QED) is 0.763. The third-order valence-electron chi connectivity index (χ3n) is 1.69. The van der Waals surface area contributed by atoms with Crippen LogP contribution < -0.4 is 5.32 Å². The topological polar surface area (TPSA) is 75.6 Å². The number of carbonyl (C=O) groups excluding carboxylic acids is 1. The number of carbonyl (C=O) groups is 2. The summed E-state index contributed by atoms with van der Waals surface area (Å²) in [5.74, 6) is -1.17. The van der Waals surface area contributed by atoms with Gasteiger partial charge >= 0.3 is 12.1 Å². The van der Waals surface area contributed by atoms with Gasteiger partial charge in [0.1, 0.15) is 11.6 Å².